The van der Waals surface area contributed by atoms with Crippen molar-refractivity contribution < 1.29 is 14.3 Å². The minimum absolute atomic E-state index is 0.132. The third-order valence-corrected chi connectivity index (χ3v) is 6.73. The molecule has 2 amide bonds. The van der Waals surface area contributed by atoms with Gasteiger partial charge in [0, 0.05) is 49.0 Å². The zero-order valence-electron chi connectivity index (χ0n) is 21.8. The molecular weight excluding hydrogens is 442 g/mol. The first-order valence-electron chi connectivity index (χ1n) is 12.1. The molecule has 1 aliphatic heterocycles. The third kappa shape index (κ3) is 6.45. The van der Waals surface area contributed by atoms with Crippen LogP contribution in [-0.2, 0) is 6.42 Å². The van der Waals surface area contributed by atoms with E-state index >= 15 is 0 Å². The molecule has 1 saturated heterocycles. The van der Waals surface area contributed by atoms with Crippen LogP contribution >= 0.6 is 0 Å². The zero-order chi connectivity index (χ0) is 25.5. The maximum atomic E-state index is 11.8. The van der Waals surface area contributed by atoms with E-state index in [9.17, 15) is 4.79 Å². The van der Waals surface area contributed by atoms with Crippen LogP contribution in [0.5, 0.6) is 11.5 Å². The van der Waals surface area contributed by atoms with Crippen LogP contribution in [0, 0.1) is 5.41 Å². The average Bonchev–Trinajstić information content (AvgIpc) is 2.87. The molecule has 0 aliphatic carbocycles. The molecule has 0 bridgehead atoms. The van der Waals surface area contributed by atoms with Crippen molar-refractivity contribution in [2.24, 2.45) is 0 Å². The smallest absolute Gasteiger partial charge is 0.314 e. The summed E-state index contributed by atoms with van der Waals surface area (Å²) in [7, 11) is 9.08. The summed E-state index contributed by atoms with van der Waals surface area (Å²) in [5.74, 6) is 1.17. The lowest BCUT2D eigenvalue weighted by molar-refractivity contribution is 0.240. The summed E-state index contributed by atoms with van der Waals surface area (Å²) in [6, 6.07) is 12.3. The lowest BCUT2D eigenvalue weighted by Gasteiger charge is -2.36. The highest BCUT2D eigenvalue weighted by Gasteiger charge is 2.22. The van der Waals surface area contributed by atoms with Crippen LogP contribution in [0.1, 0.15) is 36.5 Å². The van der Waals surface area contributed by atoms with Crippen molar-refractivity contribution in [2.45, 2.75) is 38.3 Å². The topological polar surface area (TPSA) is 89.9 Å². The molecule has 1 fully saturated rings. The molecule has 8 heteroatoms. The van der Waals surface area contributed by atoms with Gasteiger partial charge < -0.3 is 29.9 Å². The average molecular weight is 482 g/mol. The largest absolute Gasteiger partial charge is 0.493 e. The molecule has 8 nitrogen and oxygen atoms in total. The molecule has 1 atom stereocenters. The van der Waals surface area contributed by atoms with E-state index in [1.165, 1.54) is 5.69 Å². The van der Waals surface area contributed by atoms with E-state index < -0.39 is 0 Å². The van der Waals surface area contributed by atoms with Crippen LogP contribution in [0.15, 0.2) is 36.4 Å². The molecule has 0 aromatic heterocycles. The van der Waals surface area contributed by atoms with Gasteiger partial charge in [0.15, 0.2) is 11.5 Å². The molecule has 190 valence electrons. The third-order valence-electron chi connectivity index (χ3n) is 6.73. The molecule has 0 radical (unpaired) electrons. The van der Waals surface area contributed by atoms with E-state index in [4.69, 9.17) is 14.9 Å². The fraction of sp³-hybridized carbons (Fsp3) is 0.481. The summed E-state index contributed by atoms with van der Waals surface area (Å²) < 4.78 is 11.0. The Morgan fingerprint density at radius 3 is 2.26 bits per heavy atom. The number of amides is 2. The number of hydrogen-bond acceptors (Lipinski definition) is 6. The number of ether oxygens (including phenoxy) is 2. The number of carbonyl (C=O) groups excluding carboxylic acids is 1. The van der Waals surface area contributed by atoms with Gasteiger partial charge in [-0.1, -0.05) is 12.1 Å². The van der Waals surface area contributed by atoms with E-state index in [1.54, 1.807) is 21.3 Å². The quantitative estimate of drug-likeness (QED) is 0.477. The lowest BCUT2D eigenvalue weighted by Crippen LogP contribution is -2.41. The van der Waals surface area contributed by atoms with Gasteiger partial charge in [-0.15, -0.1) is 0 Å². The Morgan fingerprint density at radius 1 is 1.11 bits per heavy atom. The predicted octanol–water partition coefficient (Wildman–Crippen LogP) is 3.51. The van der Waals surface area contributed by atoms with Gasteiger partial charge in [-0.3, -0.25) is 5.41 Å². The number of rotatable bonds is 9. The van der Waals surface area contributed by atoms with Crippen molar-refractivity contribution in [2.75, 3.05) is 53.4 Å². The number of urea groups is 1. The van der Waals surface area contributed by atoms with E-state index in [-0.39, 0.29) is 12.1 Å². The molecule has 0 unspecified atom stereocenters. The van der Waals surface area contributed by atoms with Gasteiger partial charge in [0.1, 0.15) is 0 Å². The lowest BCUT2D eigenvalue weighted by atomic mass is 9.93. The maximum Gasteiger partial charge on any atom is 0.314 e. The second-order valence-corrected chi connectivity index (χ2v) is 9.30. The molecule has 3 N–H and O–H groups in total. The SMILES string of the molecule is CNC(=O)N[C@H](C)Cc1cc(OC)c(OC)cc1C(=N)c1ccc(N2CCC(N(C)C)CC2)cc1. The molecule has 0 saturated carbocycles. The highest BCUT2D eigenvalue weighted by molar-refractivity contribution is 6.12. The van der Waals surface area contributed by atoms with Gasteiger partial charge in [0.25, 0.3) is 0 Å². The first kappa shape index (κ1) is 26.3. The van der Waals surface area contributed by atoms with Gasteiger partial charge in [-0.2, -0.15) is 0 Å². The Bertz CT molecular complexity index is 1010. The van der Waals surface area contributed by atoms with E-state index in [2.05, 4.69) is 46.7 Å². The Hall–Kier alpha value is -3.26. The summed E-state index contributed by atoms with van der Waals surface area (Å²) in [5.41, 5.74) is 4.09. The molecule has 0 spiro atoms. The number of hydrogen-bond donors (Lipinski definition) is 3. The summed E-state index contributed by atoms with van der Waals surface area (Å²) in [6.45, 7) is 4.01. The molecule has 2 aromatic carbocycles. The highest BCUT2D eigenvalue weighted by atomic mass is 16.5. The number of benzene rings is 2. The van der Waals surface area contributed by atoms with Crippen molar-refractivity contribution in [3.63, 3.8) is 0 Å². The fourth-order valence-corrected chi connectivity index (χ4v) is 4.63. The Labute approximate surface area is 209 Å². The van der Waals surface area contributed by atoms with Gasteiger partial charge in [-0.05, 0) is 70.1 Å². The van der Waals surface area contributed by atoms with E-state index in [0.29, 0.717) is 29.7 Å². The Kier molecular flexibility index (Phi) is 8.98. The number of nitrogens with zero attached hydrogens (tertiary/aromatic N) is 2. The van der Waals surface area contributed by atoms with Crippen LogP contribution in [-0.4, -0.2) is 77.2 Å². The number of nitrogens with one attached hydrogen (secondary N) is 3. The maximum absolute atomic E-state index is 11.8. The molecule has 35 heavy (non-hydrogen) atoms. The van der Waals surface area contributed by atoms with Crippen LogP contribution < -0.4 is 25.0 Å². The van der Waals surface area contributed by atoms with Crippen molar-refractivity contribution in [1.29, 1.82) is 5.41 Å². The Morgan fingerprint density at radius 2 is 1.71 bits per heavy atom. The van der Waals surface area contributed by atoms with Gasteiger partial charge in [0.2, 0.25) is 0 Å². The normalized spacial score (nSPS) is 15.0. The zero-order valence-corrected chi connectivity index (χ0v) is 21.8. The van der Waals surface area contributed by atoms with Gasteiger partial charge in [0.05, 0.1) is 19.9 Å². The van der Waals surface area contributed by atoms with Crippen LogP contribution in [0.3, 0.4) is 0 Å². The second kappa shape index (κ2) is 11.9. The van der Waals surface area contributed by atoms with E-state index in [0.717, 1.165) is 42.6 Å². The van der Waals surface area contributed by atoms with E-state index in [1.807, 2.05) is 31.2 Å². The van der Waals surface area contributed by atoms with Crippen molar-refractivity contribution >= 4 is 17.4 Å². The first-order chi connectivity index (χ1) is 16.8. The molecule has 3 rings (SSSR count). The van der Waals surface area contributed by atoms with Crippen LogP contribution in [0.4, 0.5) is 10.5 Å². The van der Waals surface area contributed by atoms with Crippen LogP contribution in [0.2, 0.25) is 0 Å². The summed E-state index contributed by atoms with van der Waals surface area (Å²) >= 11 is 0. The minimum atomic E-state index is -0.236. The number of methoxy groups -OCH3 is 2. The minimum Gasteiger partial charge on any atom is -0.493 e. The number of piperidine rings is 1. The summed E-state index contributed by atoms with van der Waals surface area (Å²) in [6.07, 6.45) is 2.86. The van der Waals surface area contributed by atoms with Crippen molar-refractivity contribution in [3.8, 4) is 11.5 Å². The second-order valence-electron chi connectivity index (χ2n) is 9.30. The van der Waals surface area contributed by atoms with Crippen molar-refractivity contribution in [1.82, 2.24) is 15.5 Å². The molecule has 2 aromatic rings. The standard InChI is InChI=1S/C27H39N5O3/c1-18(30-27(33)29-2)15-20-16-24(34-5)25(35-6)17-23(20)26(28)19-7-9-22(10-8-19)32-13-11-21(12-14-32)31(3)4/h7-10,16-18,21,28H,11-15H2,1-6H3,(H2,29,30,33)/t18-/m1/s1. The molecule has 1 aliphatic rings. The van der Waals surface area contributed by atoms with Gasteiger partial charge >= 0.3 is 6.03 Å². The highest BCUT2D eigenvalue weighted by Crippen LogP contribution is 2.33. The number of anilines is 1. The van der Waals surface area contributed by atoms with Crippen molar-refractivity contribution in [3.05, 3.63) is 53.1 Å². The van der Waals surface area contributed by atoms with Crippen LogP contribution in [0.25, 0.3) is 0 Å². The Balaban J connectivity index is 1.83. The monoisotopic (exact) mass is 481 g/mol. The number of carbonyl (C=O) groups is 1. The summed E-state index contributed by atoms with van der Waals surface area (Å²) in [4.78, 5) is 16.5. The first-order valence-corrected chi connectivity index (χ1v) is 12.1. The fourth-order valence-electron chi connectivity index (χ4n) is 4.63. The molecular formula is C27H39N5O3. The molecule has 1 heterocycles. The van der Waals surface area contributed by atoms with Gasteiger partial charge in [-0.25, -0.2) is 4.79 Å². The summed E-state index contributed by atoms with van der Waals surface area (Å²) in [5, 5.41) is 14.5. The predicted molar refractivity (Wildman–Crippen MR) is 142 cm³/mol.